The van der Waals surface area contributed by atoms with Crippen LogP contribution in [-0.4, -0.2) is 99.7 Å². The summed E-state index contributed by atoms with van der Waals surface area (Å²) in [5.41, 5.74) is -0.809. The molecule has 2 rings (SSSR count). The summed E-state index contributed by atoms with van der Waals surface area (Å²) in [4.78, 5) is 53.0. The zero-order valence-corrected chi connectivity index (χ0v) is 26.7. The van der Waals surface area contributed by atoms with Crippen molar-refractivity contribution in [1.29, 1.82) is 0 Å². The molecule has 1 fully saturated rings. The van der Waals surface area contributed by atoms with Gasteiger partial charge < -0.3 is 34.6 Å². The molecule has 13 atom stereocenters. The second-order valence-electron chi connectivity index (χ2n) is 12.5. The lowest BCUT2D eigenvalue weighted by atomic mass is 9.79. The Hall–Kier alpha value is -2.28. The summed E-state index contributed by atoms with van der Waals surface area (Å²) in [5.74, 6) is -8.06. The second kappa shape index (κ2) is 15.1. The molecule has 0 radical (unpaired) electrons. The van der Waals surface area contributed by atoms with Gasteiger partial charge in [-0.2, -0.15) is 0 Å². The van der Waals surface area contributed by atoms with Gasteiger partial charge in [0, 0.05) is 43.1 Å². The van der Waals surface area contributed by atoms with Gasteiger partial charge in [-0.25, -0.2) is 4.79 Å². The number of carbonyl (C=O) groups excluding carboxylic acids is 4. The lowest BCUT2D eigenvalue weighted by molar-refractivity contribution is -0.169. The number of carbonyl (C=O) groups is 4. The van der Waals surface area contributed by atoms with Gasteiger partial charge in [-0.05, 0) is 26.3 Å². The molecule has 2 aliphatic rings. The van der Waals surface area contributed by atoms with Gasteiger partial charge >= 0.3 is 5.97 Å². The van der Waals surface area contributed by atoms with E-state index in [2.05, 4.69) is 0 Å². The van der Waals surface area contributed by atoms with Crippen molar-refractivity contribution in [3.63, 3.8) is 0 Å². The lowest BCUT2D eigenvalue weighted by Gasteiger charge is -2.31. The summed E-state index contributed by atoms with van der Waals surface area (Å²) in [6.45, 7) is 12.3. The van der Waals surface area contributed by atoms with Gasteiger partial charge in [-0.15, -0.1) is 0 Å². The highest BCUT2D eigenvalue weighted by atomic mass is 16.6. The molecule has 0 aromatic rings. The van der Waals surface area contributed by atoms with E-state index in [1.165, 1.54) is 34.0 Å². The molecule has 244 valence electrons. The number of aliphatic hydroxyl groups excluding tert-OH is 4. The molecule has 43 heavy (non-hydrogen) atoms. The molecule has 0 aliphatic carbocycles. The topological polar surface area (TPSA) is 180 Å². The number of hydrogen-bond acceptors (Lipinski definition) is 11. The summed E-state index contributed by atoms with van der Waals surface area (Å²) in [7, 11) is 1.22. The van der Waals surface area contributed by atoms with Gasteiger partial charge in [0.05, 0.1) is 30.3 Å². The minimum absolute atomic E-state index is 0.0932. The van der Waals surface area contributed by atoms with Crippen molar-refractivity contribution in [1.82, 2.24) is 0 Å². The van der Waals surface area contributed by atoms with Crippen LogP contribution >= 0.6 is 0 Å². The number of cyclic esters (lactones) is 1. The van der Waals surface area contributed by atoms with Crippen molar-refractivity contribution in [2.24, 2.45) is 35.5 Å². The molecule has 2 heterocycles. The van der Waals surface area contributed by atoms with E-state index in [1.54, 1.807) is 20.8 Å². The van der Waals surface area contributed by atoms with Gasteiger partial charge in [0.25, 0.3) is 0 Å². The highest BCUT2D eigenvalue weighted by molar-refractivity contribution is 5.88. The number of ketones is 3. The van der Waals surface area contributed by atoms with E-state index < -0.39 is 102 Å². The predicted molar refractivity (Wildman–Crippen MR) is 157 cm³/mol. The molecule has 0 saturated carbocycles. The minimum Gasteiger partial charge on any atom is -0.463 e. The molecule has 0 aromatic heterocycles. The van der Waals surface area contributed by atoms with Crippen LogP contribution < -0.4 is 0 Å². The number of methoxy groups -OCH3 is 1. The fraction of sp³-hybridized carbons (Fsp3) is 0.750. The number of esters is 1. The standard InChI is InChI=1S/C32H50O11/c1-10-11-15(2)30-32(8,43-30)29(39)21-14-42-31(40)27(38)28(41-9)20(7)25(36)19(6)24(35)17(4)12-16(3)22(33)13-23(34)18(5)26(21)37/h10-12,15-16,18-21,23-24,27-30,34-35,38-39H,13-14H2,1-9H3/b11-10+,17-12+. The first-order valence-electron chi connectivity index (χ1n) is 14.9. The summed E-state index contributed by atoms with van der Waals surface area (Å²) < 4.78 is 16.5. The Balaban J connectivity index is 2.50. The Morgan fingerprint density at radius 1 is 1.00 bits per heavy atom. The van der Waals surface area contributed by atoms with Crippen molar-refractivity contribution in [2.75, 3.05) is 13.7 Å². The van der Waals surface area contributed by atoms with Gasteiger partial charge in [0.2, 0.25) is 0 Å². The minimum atomic E-state index is -1.92. The fourth-order valence-corrected chi connectivity index (χ4v) is 6.05. The van der Waals surface area contributed by atoms with Crippen LogP contribution in [0.25, 0.3) is 0 Å². The van der Waals surface area contributed by atoms with Crippen molar-refractivity contribution < 1.29 is 53.8 Å². The third-order valence-corrected chi connectivity index (χ3v) is 9.21. The molecular weight excluding hydrogens is 560 g/mol. The molecule has 0 aromatic carbocycles. The summed E-state index contributed by atoms with van der Waals surface area (Å²) in [6.07, 6.45) is -2.96. The molecular formula is C32H50O11. The van der Waals surface area contributed by atoms with E-state index in [0.717, 1.165) is 0 Å². The molecule has 0 amide bonds. The van der Waals surface area contributed by atoms with E-state index in [0.29, 0.717) is 5.57 Å². The maximum atomic E-state index is 13.7. The van der Waals surface area contributed by atoms with Crippen LogP contribution in [0.1, 0.15) is 61.8 Å². The quantitative estimate of drug-likeness (QED) is 0.202. The van der Waals surface area contributed by atoms with Crippen LogP contribution in [0.3, 0.4) is 0 Å². The number of allylic oxidation sites excluding steroid dienone is 2. The summed E-state index contributed by atoms with van der Waals surface area (Å²) >= 11 is 0. The Morgan fingerprint density at radius 3 is 2.16 bits per heavy atom. The summed E-state index contributed by atoms with van der Waals surface area (Å²) in [5, 5.41) is 44.0. The number of aliphatic hydroxyl groups is 4. The van der Waals surface area contributed by atoms with E-state index in [4.69, 9.17) is 14.2 Å². The maximum absolute atomic E-state index is 13.7. The Bertz CT molecular complexity index is 1080. The molecule has 0 bridgehead atoms. The highest BCUT2D eigenvalue weighted by Crippen LogP contribution is 2.47. The number of rotatable bonds is 5. The van der Waals surface area contributed by atoms with E-state index in [1.807, 2.05) is 26.0 Å². The van der Waals surface area contributed by atoms with Gasteiger partial charge in [-0.3, -0.25) is 14.4 Å². The SMILES string of the molecule is C/C=C/C(C)C1OC1(C)C(O)C1COC(=O)C(O)C(OC)C(C)C(=O)C(C)C(O)/C(C)=C/C(C)C(=O)CC(O)C(C)C1=O. The van der Waals surface area contributed by atoms with Crippen LogP contribution in [0.15, 0.2) is 23.8 Å². The first-order chi connectivity index (χ1) is 19.9. The molecule has 2 aliphatic heterocycles. The van der Waals surface area contributed by atoms with Gasteiger partial charge in [0.1, 0.15) is 35.7 Å². The van der Waals surface area contributed by atoms with Crippen molar-refractivity contribution in [3.05, 3.63) is 23.8 Å². The molecule has 11 nitrogen and oxygen atoms in total. The summed E-state index contributed by atoms with van der Waals surface area (Å²) in [6, 6.07) is 0. The Labute approximate surface area is 254 Å². The van der Waals surface area contributed by atoms with Crippen LogP contribution in [0, 0.1) is 35.5 Å². The van der Waals surface area contributed by atoms with E-state index in [-0.39, 0.29) is 12.3 Å². The average Bonchev–Trinajstić information content (AvgIpc) is 3.67. The average molecular weight is 611 g/mol. The number of ether oxygens (including phenoxy) is 3. The number of epoxide rings is 1. The van der Waals surface area contributed by atoms with Crippen molar-refractivity contribution >= 4 is 23.3 Å². The molecule has 4 N–H and O–H groups in total. The molecule has 1 saturated heterocycles. The van der Waals surface area contributed by atoms with Gasteiger partial charge in [-0.1, -0.05) is 52.8 Å². The van der Waals surface area contributed by atoms with Crippen LogP contribution in [-0.2, 0) is 33.4 Å². The normalized spacial score (nSPS) is 42.0. The fourth-order valence-electron chi connectivity index (χ4n) is 6.05. The van der Waals surface area contributed by atoms with Crippen LogP contribution in [0.5, 0.6) is 0 Å². The predicted octanol–water partition coefficient (Wildman–Crippen LogP) is 1.58. The second-order valence-corrected chi connectivity index (χ2v) is 12.5. The number of Topliss-reactive ketones (excluding diaryl/α,β-unsaturated/α-hetero) is 3. The zero-order valence-electron chi connectivity index (χ0n) is 26.7. The molecule has 0 spiro atoms. The molecule has 13 unspecified atom stereocenters. The third kappa shape index (κ3) is 8.26. The zero-order chi connectivity index (χ0) is 33.0. The number of hydrogen-bond donors (Lipinski definition) is 4. The largest absolute Gasteiger partial charge is 0.463 e. The van der Waals surface area contributed by atoms with Crippen LogP contribution in [0.2, 0.25) is 0 Å². The first-order valence-corrected chi connectivity index (χ1v) is 14.9. The smallest absolute Gasteiger partial charge is 0.337 e. The van der Waals surface area contributed by atoms with E-state index in [9.17, 15) is 39.6 Å². The highest BCUT2D eigenvalue weighted by Gasteiger charge is 2.62. The first kappa shape index (κ1) is 36.9. The van der Waals surface area contributed by atoms with Crippen LogP contribution in [0.4, 0.5) is 0 Å². The van der Waals surface area contributed by atoms with Crippen molar-refractivity contribution in [2.45, 2.75) is 104 Å². The molecule has 11 heteroatoms. The third-order valence-electron chi connectivity index (χ3n) is 9.21. The van der Waals surface area contributed by atoms with E-state index >= 15 is 0 Å². The lowest BCUT2D eigenvalue weighted by Crippen LogP contribution is -2.49. The Morgan fingerprint density at radius 2 is 1.60 bits per heavy atom. The monoisotopic (exact) mass is 610 g/mol. The van der Waals surface area contributed by atoms with Gasteiger partial charge in [0.15, 0.2) is 6.10 Å². The Kier molecular flexibility index (Phi) is 13.0. The van der Waals surface area contributed by atoms with Crippen molar-refractivity contribution in [3.8, 4) is 0 Å². The maximum Gasteiger partial charge on any atom is 0.337 e.